The maximum Gasteiger partial charge on any atom is 0.344 e. The molecule has 2 aliphatic rings. The molecule has 0 saturated heterocycles. The Morgan fingerprint density at radius 3 is 3.04 bits per heavy atom. The summed E-state index contributed by atoms with van der Waals surface area (Å²) in [4.78, 5) is 15.6. The molecule has 0 radical (unpaired) electrons. The fraction of sp³-hybridized carbons (Fsp3) is 0.250. The van der Waals surface area contributed by atoms with Crippen LogP contribution in [0.4, 0.5) is 0 Å². The zero-order chi connectivity index (χ0) is 18.6. The van der Waals surface area contributed by atoms with E-state index in [2.05, 4.69) is 21.3 Å². The highest BCUT2D eigenvalue weighted by atomic mass is 16.5. The van der Waals surface area contributed by atoms with E-state index in [1.165, 1.54) is 0 Å². The molecule has 2 N–H and O–H groups in total. The van der Waals surface area contributed by atoms with Gasteiger partial charge >= 0.3 is 5.97 Å². The van der Waals surface area contributed by atoms with E-state index in [4.69, 9.17) is 9.47 Å². The summed E-state index contributed by atoms with van der Waals surface area (Å²) in [5.74, 6) is 0.386. The maximum atomic E-state index is 11.2. The second-order valence-electron chi connectivity index (χ2n) is 6.42. The zero-order valence-electron chi connectivity index (χ0n) is 14.6. The van der Waals surface area contributed by atoms with Crippen molar-refractivity contribution < 1.29 is 19.4 Å². The molecule has 1 aliphatic heterocycles. The molecule has 1 unspecified atom stereocenters. The van der Waals surface area contributed by atoms with Crippen LogP contribution in [-0.2, 0) is 9.53 Å². The van der Waals surface area contributed by atoms with Crippen molar-refractivity contribution in [2.24, 2.45) is 0 Å². The highest BCUT2D eigenvalue weighted by molar-refractivity contribution is 5.72. The van der Waals surface area contributed by atoms with Crippen LogP contribution in [0.15, 0.2) is 65.7 Å². The molecular weight excluding hydrogens is 346 g/mol. The molecule has 7 nitrogen and oxygen atoms in total. The molecule has 2 aromatic heterocycles. The third kappa shape index (κ3) is 3.92. The van der Waals surface area contributed by atoms with Gasteiger partial charge in [0.1, 0.15) is 18.1 Å². The summed E-state index contributed by atoms with van der Waals surface area (Å²) in [7, 11) is 0. The SMILES string of the molecule is O=C(O)C1CCC2=C(C=C(COc3ccc(-c4ccn[nH]4)nc3)C=CC2)O1. The van der Waals surface area contributed by atoms with Crippen molar-refractivity contribution in [2.75, 3.05) is 6.61 Å². The van der Waals surface area contributed by atoms with Gasteiger partial charge in [0.15, 0.2) is 6.10 Å². The molecule has 138 valence electrons. The number of pyridine rings is 1. The average molecular weight is 365 g/mol. The molecule has 1 atom stereocenters. The van der Waals surface area contributed by atoms with E-state index in [1.807, 2.05) is 30.4 Å². The van der Waals surface area contributed by atoms with E-state index in [0.29, 0.717) is 24.5 Å². The lowest BCUT2D eigenvalue weighted by Crippen LogP contribution is -2.27. The van der Waals surface area contributed by atoms with Gasteiger partial charge in [-0.25, -0.2) is 4.79 Å². The van der Waals surface area contributed by atoms with Gasteiger partial charge in [-0.3, -0.25) is 10.1 Å². The number of carbonyl (C=O) groups is 1. The van der Waals surface area contributed by atoms with E-state index in [1.54, 1.807) is 12.4 Å². The number of hydrogen-bond donors (Lipinski definition) is 2. The number of hydrogen-bond acceptors (Lipinski definition) is 5. The van der Waals surface area contributed by atoms with Gasteiger partial charge < -0.3 is 14.6 Å². The lowest BCUT2D eigenvalue weighted by Gasteiger charge is -2.24. The summed E-state index contributed by atoms with van der Waals surface area (Å²) >= 11 is 0. The van der Waals surface area contributed by atoms with E-state index in [0.717, 1.165) is 35.4 Å². The number of carboxylic acid groups (broad SMARTS) is 1. The van der Waals surface area contributed by atoms with Crippen LogP contribution in [-0.4, -0.2) is 39.0 Å². The molecule has 7 heteroatoms. The number of nitrogens with zero attached hydrogens (tertiary/aromatic N) is 2. The number of aromatic nitrogens is 3. The number of nitrogens with one attached hydrogen (secondary N) is 1. The van der Waals surface area contributed by atoms with Crippen molar-refractivity contribution in [1.82, 2.24) is 15.2 Å². The first kappa shape index (κ1) is 17.1. The third-order valence-corrected chi connectivity index (χ3v) is 4.53. The first-order valence-corrected chi connectivity index (χ1v) is 8.76. The number of carboxylic acids is 1. The van der Waals surface area contributed by atoms with Crippen LogP contribution >= 0.6 is 0 Å². The van der Waals surface area contributed by atoms with Gasteiger partial charge in [-0.1, -0.05) is 12.2 Å². The van der Waals surface area contributed by atoms with E-state index >= 15 is 0 Å². The van der Waals surface area contributed by atoms with E-state index < -0.39 is 12.1 Å². The molecular formula is C20H19N3O4. The highest BCUT2D eigenvalue weighted by Gasteiger charge is 2.26. The summed E-state index contributed by atoms with van der Waals surface area (Å²) in [5.41, 5.74) is 3.68. The molecule has 2 aromatic rings. The lowest BCUT2D eigenvalue weighted by atomic mass is 10.00. The van der Waals surface area contributed by atoms with Crippen LogP contribution < -0.4 is 4.74 Å². The Kier molecular flexibility index (Phi) is 4.74. The molecule has 0 aromatic carbocycles. The maximum absolute atomic E-state index is 11.2. The predicted octanol–water partition coefficient (Wildman–Crippen LogP) is 3.25. The standard InChI is InChI=1S/C20H19N3O4/c24-20(25)18-7-4-14-3-1-2-13(10-19(14)27-18)12-26-15-5-6-16(21-11-15)17-8-9-22-23-17/h1-2,5-6,8-11,18H,3-4,7,12H2,(H,22,23)(H,24,25). The summed E-state index contributed by atoms with van der Waals surface area (Å²) in [5, 5.41) is 16.0. The Labute approximate surface area is 156 Å². The van der Waals surface area contributed by atoms with Gasteiger partial charge in [-0.05, 0) is 54.7 Å². The Morgan fingerprint density at radius 1 is 1.37 bits per heavy atom. The Bertz CT molecular complexity index is 911. The van der Waals surface area contributed by atoms with Gasteiger partial charge in [0, 0.05) is 6.20 Å². The molecule has 0 fully saturated rings. The van der Waals surface area contributed by atoms with Crippen molar-refractivity contribution in [2.45, 2.75) is 25.4 Å². The number of H-pyrrole nitrogens is 1. The fourth-order valence-corrected chi connectivity index (χ4v) is 3.09. The summed E-state index contributed by atoms with van der Waals surface area (Å²) in [6, 6.07) is 5.57. The number of aromatic amines is 1. The van der Waals surface area contributed by atoms with Crippen LogP contribution in [0.3, 0.4) is 0 Å². The van der Waals surface area contributed by atoms with Crippen molar-refractivity contribution in [1.29, 1.82) is 0 Å². The minimum absolute atomic E-state index is 0.347. The van der Waals surface area contributed by atoms with Crippen LogP contribution in [0.1, 0.15) is 19.3 Å². The fourth-order valence-electron chi connectivity index (χ4n) is 3.09. The van der Waals surface area contributed by atoms with Gasteiger partial charge in [-0.2, -0.15) is 5.10 Å². The Balaban J connectivity index is 1.43. The van der Waals surface area contributed by atoms with Crippen molar-refractivity contribution in [3.05, 3.63) is 65.7 Å². The molecule has 0 saturated carbocycles. The first-order valence-electron chi connectivity index (χ1n) is 8.76. The second-order valence-corrected chi connectivity index (χ2v) is 6.42. The predicted molar refractivity (Wildman–Crippen MR) is 97.9 cm³/mol. The number of allylic oxidation sites excluding steroid dienone is 3. The lowest BCUT2D eigenvalue weighted by molar-refractivity contribution is -0.148. The topological polar surface area (TPSA) is 97.3 Å². The molecule has 1 aliphatic carbocycles. The van der Waals surface area contributed by atoms with Crippen molar-refractivity contribution >= 4 is 5.97 Å². The highest BCUT2D eigenvalue weighted by Crippen LogP contribution is 2.30. The Morgan fingerprint density at radius 2 is 2.30 bits per heavy atom. The van der Waals surface area contributed by atoms with Gasteiger partial charge in [0.05, 0.1) is 17.6 Å². The second kappa shape index (κ2) is 7.49. The third-order valence-electron chi connectivity index (χ3n) is 4.53. The van der Waals surface area contributed by atoms with Crippen molar-refractivity contribution in [3.8, 4) is 17.1 Å². The van der Waals surface area contributed by atoms with E-state index in [-0.39, 0.29) is 0 Å². The monoisotopic (exact) mass is 365 g/mol. The first-order chi connectivity index (χ1) is 13.2. The molecule has 0 amide bonds. The quantitative estimate of drug-likeness (QED) is 0.844. The van der Waals surface area contributed by atoms with Gasteiger partial charge in [-0.15, -0.1) is 0 Å². The zero-order valence-corrected chi connectivity index (χ0v) is 14.6. The summed E-state index contributed by atoms with van der Waals surface area (Å²) in [6.07, 6.45) is 10.5. The average Bonchev–Trinajstić information content (AvgIpc) is 3.14. The van der Waals surface area contributed by atoms with Crippen LogP contribution in [0, 0.1) is 0 Å². The molecule has 0 bridgehead atoms. The summed E-state index contributed by atoms with van der Waals surface area (Å²) < 4.78 is 11.5. The normalized spacial score (nSPS) is 19.0. The molecule has 4 rings (SSSR count). The Hall–Kier alpha value is -3.35. The van der Waals surface area contributed by atoms with Crippen LogP contribution in [0.5, 0.6) is 5.75 Å². The van der Waals surface area contributed by atoms with Crippen LogP contribution in [0.25, 0.3) is 11.4 Å². The summed E-state index contributed by atoms with van der Waals surface area (Å²) in [6.45, 7) is 0.347. The smallest absolute Gasteiger partial charge is 0.344 e. The number of aliphatic carboxylic acids is 1. The van der Waals surface area contributed by atoms with Gasteiger partial charge in [0.2, 0.25) is 0 Å². The molecule has 27 heavy (non-hydrogen) atoms. The number of ether oxygens (including phenoxy) is 2. The van der Waals surface area contributed by atoms with Gasteiger partial charge in [0.25, 0.3) is 0 Å². The molecule has 3 heterocycles. The molecule has 0 spiro atoms. The van der Waals surface area contributed by atoms with E-state index in [9.17, 15) is 9.90 Å². The van der Waals surface area contributed by atoms with Crippen molar-refractivity contribution in [3.63, 3.8) is 0 Å². The minimum Gasteiger partial charge on any atom is -0.487 e. The van der Waals surface area contributed by atoms with Crippen LogP contribution in [0.2, 0.25) is 0 Å². The largest absolute Gasteiger partial charge is 0.487 e. The number of rotatable bonds is 5. The minimum atomic E-state index is -0.923.